The van der Waals surface area contributed by atoms with Gasteiger partial charge in [-0.05, 0) is 43.2 Å². The van der Waals surface area contributed by atoms with Crippen LogP contribution in [0.2, 0.25) is 0 Å². The highest BCUT2D eigenvalue weighted by Crippen LogP contribution is 2.68. The Labute approximate surface area is 84.5 Å². The molecule has 0 amide bonds. The summed E-state index contributed by atoms with van der Waals surface area (Å²) < 4.78 is 0. The van der Waals surface area contributed by atoms with Gasteiger partial charge in [0.1, 0.15) is 0 Å². The quantitative estimate of drug-likeness (QED) is 0.769. The van der Waals surface area contributed by atoms with Crippen LogP contribution >= 0.6 is 0 Å². The van der Waals surface area contributed by atoms with E-state index >= 15 is 0 Å². The third-order valence-corrected chi connectivity index (χ3v) is 3.98. The Hall–Kier alpha value is -0.890. The van der Waals surface area contributed by atoms with Gasteiger partial charge in [-0.2, -0.15) is 0 Å². The van der Waals surface area contributed by atoms with Gasteiger partial charge in [-0.3, -0.25) is 4.98 Å². The second-order valence-electron chi connectivity index (χ2n) is 5.05. The zero-order chi connectivity index (χ0) is 9.65. The van der Waals surface area contributed by atoms with Crippen molar-refractivity contribution in [2.75, 3.05) is 6.54 Å². The van der Waals surface area contributed by atoms with E-state index in [1.807, 2.05) is 12.3 Å². The monoisotopic (exact) mass is 188 g/mol. The highest BCUT2D eigenvalue weighted by atomic mass is 14.8. The Morgan fingerprint density at radius 1 is 1.29 bits per heavy atom. The van der Waals surface area contributed by atoms with Crippen LogP contribution in [-0.4, -0.2) is 11.5 Å². The summed E-state index contributed by atoms with van der Waals surface area (Å²) in [6.07, 6.45) is 7.26. The first kappa shape index (κ1) is 8.42. The Morgan fingerprint density at radius 2 is 2.07 bits per heavy atom. The van der Waals surface area contributed by atoms with E-state index in [1.54, 1.807) is 0 Å². The number of nitrogens with two attached hydrogens (primary N) is 1. The molecule has 2 nitrogen and oxygen atoms in total. The summed E-state index contributed by atoms with van der Waals surface area (Å²) in [7, 11) is 0. The molecule has 0 aromatic carbocycles. The molecule has 0 atom stereocenters. The van der Waals surface area contributed by atoms with Gasteiger partial charge < -0.3 is 5.73 Å². The molecule has 0 saturated heterocycles. The van der Waals surface area contributed by atoms with Gasteiger partial charge in [-0.1, -0.05) is 6.07 Å². The summed E-state index contributed by atoms with van der Waals surface area (Å²) in [6, 6.07) is 6.17. The second kappa shape index (κ2) is 2.57. The van der Waals surface area contributed by atoms with E-state index in [9.17, 15) is 0 Å². The molecule has 1 aromatic rings. The summed E-state index contributed by atoms with van der Waals surface area (Å²) in [5, 5.41) is 0. The van der Waals surface area contributed by atoms with Crippen molar-refractivity contribution in [3.63, 3.8) is 0 Å². The molecule has 2 saturated carbocycles. The van der Waals surface area contributed by atoms with E-state index in [-0.39, 0.29) is 5.41 Å². The normalized spacial score (nSPS) is 25.8. The van der Waals surface area contributed by atoms with Crippen LogP contribution in [0.25, 0.3) is 0 Å². The summed E-state index contributed by atoms with van der Waals surface area (Å²) in [5.41, 5.74) is 8.03. The fourth-order valence-corrected chi connectivity index (χ4v) is 3.02. The fourth-order valence-electron chi connectivity index (χ4n) is 3.02. The zero-order valence-electron chi connectivity index (χ0n) is 8.37. The Kier molecular flexibility index (Phi) is 1.55. The van der Waals surface area contributed by atoms with E-state index in [2.05, 4.69) is 17.1 Å². The lowest BCUT2D eigenvalue weighted by molar-refractivity contribution is 0.122. The van der Waals surface area contributed by atoms with Gasteiger partial charge in [0.15, 0.2) is 0 Å². The van der Waals surface area contributed by atoms with Crippen LogP contribution in [0.1, 0.15) is 31.4 Å². The van der Waals surface area contributed by atoms with Gasteiger partial charge in [0.25, 0.3) is 0 Å². The molecule has 14 heavy (non-hydrogen) atoms. The first-order chi connectivity index (χ1) is 6.79. The molecule has 1 aromatic heterocycles. The van der Waals surface area contributed by atoms with Crippen LogP contribution in [0.4, 0.5) is 0 Å². The Morgan fingerprint density at radius 3 is 2.57 bits per heavy atom. The van der Waals surface area contributed by atoms with Gasteiger partial charge in [0, 0.05) is 23.9 Å². The van der Waals surface area contributed by atoms with Gasteiger partial charge >= 0.3 is 0 Å². The van der Waals surface area contributed by atoms with Crippen molar-refractivity contribution in [3.05, 3.63) is 30.1 Å². The van der Waals surface area contributed by atoms with Crippen LogP contribution in [0.15, 0.2) is 24.4 Å². The van der Waals surface area contributed by atoms with Crippen molar-refractivity contribution in [1.82, 2.24) is 4.98 Å². The molecular formula is C12H16N2. The second-order valence-corrected chi connectivity index (χ2v) is 5.05. The molecule has 3 rings (SSSR count). The maximum atomic E-state index is 5.91. The minimum Gasteiger partial charge on any atom is -0.330 e. The smallest absolute Gasteiger partial charge is 0.0478 e. The third kappa shape index (κ3) is 1.04. The SMILES string of the molecule is NCC1(c2ccccn2)CC2(CC2)C1. The van der Waals surface area contributed by atoms with E-state index in [4.69, 9.17) is 5.73 Å². The van der Waals surface area contributed by atoms with E-state index in [0.717, 1.165) is 6.54 Å². The van der Waals surface area contributed by atoms with Crippen molar-refractivity contribution >= 4 is 0 Å². The number of nitrogens with zero attached hydrogens (tertiary/aromatic N) is 1. The molecule has 0 radical (unpaired) electrons. The van der Waals surface area contributed by atoms with E-state index in [1.165, 1.54) is 31.4 Å². The maximum Gasteiger partial charge on any atom is 0.0478 e. The highest BCUT2D eigenvalue weighted by Gasteiger charge is 2.61. The lowest BCUT2D eigenvalue weighted by Gasteiger charge is -2.47. The molecule has 0 bridgehead atoms. The number of hydrogen-bond acceptors (Lipinski definition) is 2. The largest absolute Gasteiger partial charge is 0.330 e. The molecule has 2 fully saturated rings. The Bertz CT molecular complexity index is 333. The Balaban J connectivity index is 1.88. The van der Waals surface area contributed by atoms with Crippen molar-refractivity contribution in [3.8, 4) is 0 Å². The van der Waals surface area contributed by atoms with Crippen LogP contribution in [0, 0.1) is 5.41 Å². The first-order valence-electron chi connectivity index (χ1n) is 5.40. The fraction of sp³-hybridized carbons (Fsp3) is 0.583. The highest BCUT2D eigenvalue weighted by molar-refractivity contribution is 5.28. The van der Waals surface area contributed by atoms with Gasteiger partial charge in [0.05, 0.1) is 0 Å². The number of aromatic nitrogens is 1. The molecular weight excluding hydrogens is 172 g/mol. The average Bonchev–Trinajstić information content (AvgIpc) is 2.96. The van der Waals surface area contributed by atoms with Gasteiger partial charge in [-0.25, -0.2) is 0 Å². The first-order valence-corrected chi connectivity index (χ1v) is 5.40. The molecule has 2 aliphatic carbocycles. The molecule has 74 valence electrons. The van der Waals surface area contributed by atoms with Crippen molar-refractivity contribution in [2.24, 2.45) is 11.1 Å². The molecule has 2 aliphatic rings. The number of rotatable bonds is 2. The number of pyridine rings is 1. The lowest BCUT2D eigenvalue weighted by Crippen LogP contribution is -2.48. The topological polar surface area (TPSA) is 38.9 Å². The van der Waals surface area contributed by atoms with E-state index in [0.29, 0.717) is 5.41 Å². The molecule has 2 N–H and O–H groups in total. The standard InChI is InChI=1S/C12H16N2/c13-9-12(7-11(8-12)4-5-11)10-3-1-2-6-14-10/h1-3,6H,4-5,7-9,13H2. The average molecular weight is 188 g/mol. The number of hydrogen-bond donors (Lipinski definition) is 1. The molecule has 1 heterocycles. The molecule has 2 heteroatoms. The maximum absolute atomic E-state index is 5.91. The zero-order valence-corrected chi connectivity index (χ0v) is 8.37. The summed E-state index contributed by atoms with van der Waals surface area (Å²) in [4.78, 5) is 4.46. The predicted octanol–water partition coefficient (Wildman–Crippen LogP) is 1.85. The third-order valence-electron chi connectivity index (χ3n) is 3.98. The van der Waals surface area contributed by atoms with Crippen LogP contribution in [0.5, 0.6) is 0 Å². The van der Waals surface area contributed by atoms with Crippen LogP contribution in [-0.2, 0) is 5.41 Å². The summed E-state index contributed by atoms with van der Waals surface area (Å²) in [6.45, 7) is 0.756. The van der Waals surface area contributed by atoms with Crippen molar-refractivity contribution < 1.29 is 0 Å². The van der Waals surface area contributed by atoms with Gasteiger partial charge in [-0.15, -0.1) is 0 Å². The van der Waals surface area contributed by atoms with Crippen molar-refractivity contribution in [1.29, 1.82) is 0 Å². The molecule has 1 spiro atoms. The van der Waals surface area contributed by atoms with Gasteiger partial charge in [0.2, 0.25) is 0 Å². The summed E-state index contributed by atoms with van der Waals surface area (Å²) >= 11 is 0. The van der Waals surface area contributed by atoms with Crippen molar-refractivity contribution in [2.45, 2.75) is 31.1 Å². The van der Waals surface area contributed by atoms with E-state index < -0.39 is 0 Å². The molecule has 0 aliphatic heterocycles. The van der Waals surface area contributed by atoms with Crippen LogP contribution in [0.3, 0.4) is 0 Å². The predicted molar refractivity (Wildman–Crippen MR) is 55.9 cm³/mol. The minimum absolute atomic E-state index is 0.220. The molecule has 0 unspecified atom stereocenters. The van der Waals surface area contributed by atoms with Crippen LogP contribution < -0.4 is 5.73 Å². The lowest BCUT2D eigenvalue weighted by atomic mass is 9.58. The summed E-state index contributed by atoms with van der Waals surface area (Å²) in [5.74, 6) is 0. The minimum atomic E-state index is 0.220.